The third kappa shape index (κ3) is 5.06. The van der Waals surface area contributed by atoms with Crippen LogP contribution < -0.4 is 11.1 Å². The normalized spacial score (nSPS) is 16.9. The van der Waals surface area contributed by atoms with E-state index in [2.05, 4.69) is 10.2 Å². The molecule has 1 aromatic carbocycles. The fraction of sp³-hybridized carbons (Fsp3) is 0.588. The van der Waals surface area contributed by atoms with Gasteiger partial charge in [-0.15, -0.1) is 0 Å². The summed E-state index contributed by atoms with van der Waals surface area (Å²) in [4.78, 5) is 14.2. The van der Waals surface area contributed by atoms with Crippen LogP contribution in [-0.2, 0) is 17.1 Å². The summed E-state index contributed by atoms with van der Waals surface area (Å²) in [6, 6.07) is 0.364. The largest absolute Gasteiger partial charge is 0.418 e. The van der Waals surface area contributed by atoms with Gasteiger partial charge in [-0.05, 0) is 38.8 Å². The molecule has 1 aliphatic rings. The molecule has 27 heavy (non-hydrogen) atoms. The van der Waals surface area contributed by atoms with Gasteiger partial charge in [-0.2, -0.15) is 26.3 Å². The molecule has 0 saturated carbocycles. The second kappa shape index (κ2) is 6.88. The molecule has 0 aliphatic carbocycles. The van der Waals surface area contributed by atoms with Crippen molar-refractivity contribution >= 4 is 17.3 Å². The van der Waals surface area contributed by atoms with Gasteiger partial charge in [0.05, 0.1) is 22.5 Å². The fourth-order valence-corrected chi connectivity index (χ4v) is 2.86. The molecule has 1 saturated heterocycles. The number of anilines is 2. The van der Waals surface area contributed by atoms with Crippen LogP contribution in [0.1, 0.15) is 38.3 Å². The van der Waals surface area contributed by atoms with Gasteiger partial charge in [-0.1, -0.05) is 0 Å². The van der Waals surface area contributed by atoms with E-state index in [0.717, 1.165) is 0 Å². The molecule has 1 aliphatic heterocycles. The van der Waals surface area contributed by atoms with Crippen molar-refractivity contribution in [1.29, 1.82) is 0 Å². The van der Waals surface area contributed by atoms with Crippen LogP contribution in [0.2, 0.25) is 0 Å². The van der Waals surface area contributed by atoms with Crippen molar-refractivity contribution in [3.63, 3.8) is 0 Å². The lowest BCUT2D eigenvalue weighted by Gasteiger charge is -2.47. The van der Waals surface area contributed by atoms with Gasteiger partial charge < -0.3 is 11.1 Å². The van der Waals surface area contributed by atoms with E-state index in [0.29, 0.717) is 19.2 Å². The van der Waals surface area contributed by atoms with Crippen molar-refractivity contribution in [2.24, 2.45) is 5.92 Å². The van der Waals surface area contributed by atoms with Gasteiger partial charge in [0, 0.05) is 25.0 Å². The number of rotatable bonds is 3. The Bertz CT molecular complexity index is 715. The number of hydrogen-bond acceptors (Lipinski definition) is 3. The van der Waals surface area contributed by atoms with E-state index in [1.807, 2.05) is 20.8 Å². The Balaban J connectivity index is 2.17. The molecule has 152 valence electrons. The number of nitrogen functional groups attached to an aromatic ring is 1. The highest BCUT2D eigenvalue weighted by atomic mass is 19.4. The third-order valence-corrected chi connectivity index (χ3v) is 4.47. The van der Waals surface area contributed by atoms with Crippen molar-refractivity contribution < 1.29 is 31.1 Å². The summed E-state index contributed by atoms with van der Waals surface area (Å²) < 4.78 is 77.7. The van der Waals surface area contributed by atoms with E-state index >= 15 is 0 Å². The fourth-order valence-electron chi connectivity index (χ4n) is 2.86. The Morgan fingerprint density at radius 3 is 2.11 bits per heavy atom. The SMILES string of the molecule is CC(C)(C)N1CC(CC(=O)Nc2cc(C(F)(F)F)cc(C(F)(F)F)c2N)C1. The number of alkyl halides is 6. The van der Waals surface area contributed by atoms with Crippen LogP contribution in [-0.4, -0.2) is 29.4 Å². The van der Waals surface area contributed by atoms with Crippen LogP contribution in [0.15, 0.2) is 12.1 Å². The molecule has 2 rings (SSSR count). The number of hydrogen-bond donors (Lipinski definition) is 2. The molecule has 3 N–H and O–H groups in total. The topological polar surface area (TPSA) is 58.4 Å². The maximum absolute atomic E-state index is 13.0. The van der Waals surface area contributed by atoms with E-state index in [1.54, 1.807) is 0 Å². The van der Waals surface area contributed by atoms with Crippen molar-refractivity contribution in [3.05, 3.63) is 23.3 Å². The second-order valence-electron chi connectivity index (χ2n) is 7.67. The molecular weight excluding hydrogens is 376 g/mol. The molecule has 0 radical (unpaired) electrons. The van der Waals surface area contributed by atoms with Gasteiger partial charge in [0.25, 0.3) is 0 Å². The first-order valence-electron chi connectivity index (χ1n) is 8.22. The highest BCUT2D eigenvalue weighted by Gasteiger charge is 2.40. The molecule has 10 heteroatoms. The molecule has 1 amide bonds. The zero-order valence-electron chi connectivity index (χ0n) is 15.1. The van der Waals surface area contributed by atoms with Crippen LogP contribution >= 0.6 is 0 Å². The predicted octanol–water partition coefficient (Wildman–Crippen LogP) is 4.37. The average Bonchev–Trinajstić information content (AvgIpc) is 2.40. The third-order valence-electron chi connectivity index (χ3n) is 4.47. The second-order valence-corrected chi connectivity index (χ2v) is 7.67. The minimum absolute atomic E-state index is 0.0103. The predicted molar refractivity (Wildman–Crippen MR) is 88.9 cm³/mol. The van der Waals surface area contributed by atoms with Crippen LogP contribution in [0, 0.1) is 5.92 Å². The summed E-state index contributed by atoms with van der Waals surface area (Å²) in [5, 5.41) is 2.11. The van der Waals surface area contributed by atoms with E-state index in [1.165, 1.54) is 0 Å². The molecule has 0 aromatic heterocycles. The van der Waals surface area contributed by atoms with E-state index < -0.39 is 40.8 Å². The summed E-state index contributed by atoms with van der Waals surface area (Å²) in [7, 11) is 0. The highest BCUT2D eigenvalue weighted by Crippen LogP contribution is 2.42. The lowest BCUT2D eigenvalue weighted by Crippen LogP contribution is -2.56. The molecule has 1 aromatic rings. The average molecular weight is 397 g/mol. The molecular formula is C17H21F6N3O. The molecule has 1 heterocycles. The maximum atomic E-state index is 13.0. The van der Waals surface area contributed by atoms with Crippen molar-refractivity contribution in [1.82, 2.24) is 4.90 Å². The first kappa shape index (κ1) is 21.3. The monoisotopic (exact) mass is 397 g/mol. The van der Waals surface area contributed by atoms with E-state index in [4.69, 9.17) is 5.73 Å². The van der Waals surface area contributed by atoms with Gasteiger partial charge in [-0.3, -0.25) is 9.69 Å². The first-order valence-corrected chi connectivity index (χ1v) is 8.22. The molecule has 0 spiro atoms. The molecule has 0 atom stereocenters. The standard InChI is InChI=1S/C17H21F6N3O/c1-15(2,3)26-7-9(8-26)4-13(27)25-12-6-10(16(18,19)20)5-11(14(12)24)17(21,22)23/h5-6,9H,4,7-8,24H2,1-3H3,(H,25,27). The van der Waals surface area contributed by atoms with Gasteiger partial charge >= 0.3 is 12.4 Å². The zero-order valence-corrected chi connectivity index (χ0v) is 15.1. The number of nitrogens with one attached hydrogen (secondary N) is 1. The van der Waals surface area contributed by atoms with Gasteiger partial charge in [0.15, 0.2) is 0 Å². The van der Waals surface area contributed by atoms with E-state index in [-0.39, 0.29) is 23.9 Å². The summed E-state index contributed by atoms with van der Waals surface area (Å²) in [5.41, 5.74) is 0.529. The molecule has 1 fully saturated rings. The molecule has 0 unspecified atom stereocenters. The molecule has 4 nitrogen and oxygen atoms in total. The van der Waals surface area contributed by atoms with Gasteiger partial charge in [0.2, 0.25) is 5.91 Å². The summed E-state index contributed by atoms with van der Waals surface area (Å²) in [5.74, 6) is -0.689. The summed E-state index contributed by atoms with van der Waals surface area (Å²) >= 11 is 0. The lowest BCUT2D eigenvalue weighted by atomic mass is 9.90. The van der Waals surface area contributed by atoms with Crippen molar-refractivity contribution in [2.75, 3.05) is 24.1 Å². The Kier molecular flexibility index (Phi) is 5.44. The number of amides is 1. The maximum Gasteiger partial charge on any atom is 0.418 e. The number of benzene rings is 1. The van der Waals surface area contributed by atoms with Gasteiger partial charge in [-0.25, -0.2) is 0 Å². The van der Waals surface area contributed by atoms with E-state index in [9.17, 15) is 31.1 Å². The number of carbonyl (C=O) groups is 1. The number of nitrogens with two attached hydrogens (primary N) is 1. The van der Waals surface area contributed by atoms with Crippen LogP contribution in [0.5, 0.6) is 0 Å². The number of halogens is 6. The smallest absolute Gasteiger partial charge is 0.397 e. The van der Waals surface area contributed by atoms with Crippen LogP contribution in [0.3, 0.4) is 0 Å². The number of nitrogens with zero attached hydrogens (tertiary/aromatic N) is 1. The van der Waals surface area contributed by atoms with Gasteiger partial charge in [0.1, 0.15) is 0 Å². The van der Waals surface area contributed by atoms with Crippen molar-refractivity contribution in [2.45, 2.75) is 45.1 Å². The Morgan fingerprint density at radius 2 is 1.67 bits per heavy atom. The number of carbonyl (C=O) groups excluding carboxylic acids is 1. The Morgan fingerprint density at radius 1 is 1.11 bits per heavy atom. The minimum atomic E-state index is -5.08. The van der Waals surface area contributed by atoms with Crippen LogP contribution in [0.4, 0.5) is 37.7 Å². The summed E-state index contributed by atoms with van der Waals surface area (Å²) in [6.45, 7) is 7.27. The molecule has 0 bridgehead atoms. The summed E-state index contributed by atoms with van der Waals surface area (Å²) in [6.07, 6.45) is -10.1. The minimum Gasteiger partial charge on any atom is -0.397 e. The quantitative estimate of drug-likeness (QED) is 0.588. The number of likely N-dealkylation sites (tertiary alicyclic amines) is 1. The highest BCUT2D eigenvalue weighted by molar-refractivity contribution is 5.94. The lowest BCUT2D eigenvalue weighted by molar-refractivity contribution is -0.142. The zero-order chi connectivity index (χ0) is 20.8. The Hall–Kier alpha value is -1.97. The van der Waals surface area contributed by atoms with Crippen LogP contribution in [0.25, 0.3) is 0 Å². The first-order chi connectivity index (χ1) is 12.1. The van der Waals surface area contributed by atoms with Crippen molar-refractivity contribution in [3.8, 4) is 0 Å². The Labute approximate surface area is 152 Å².